The van der Waals surface area contributed by atoms with Crippen LogP contribution in [0.5, 0.6) is 0 Å². The Bertz CT molecular complexity index is 6.00. The molecule has 0 aromatic rings. The Morgan fingerprint density at radius 1 is 1.00 bits per heavy atom. The van der Waals surface area contributed by atoms with Gasteiger partial charge in [-0.25, -0.2) is 0 Å². The van der Waals surface area contributed by atoms with Gasteiger partial charge in [0.15, 0.2) is 0 Å². The van der Waals surface area contributed by atoms with E-state index in [1.54, 1.807) is 20.3 Å². The first-order valence-corrected chi connectivity index (χ1v) is 3.15. The number of hydrogen-bond acceptors (Lipinski definition) is 0. The van der Waals surface area contributed by atoms with Gasteiger partial charge in [-0.3, -0.25) is 0 Å². The predicted molar refractivity (Wildman–Crippen MR) is 24.6 cm³/mol. The van der Waals surface area contributed by atoms with Crippen molar-refractivity contribution in [3.63, 3.8) is 0 Å². The van der Waals surface area contributed by atoms with Crippen molar-refractivity contribution < 1.29 is 12.8 Å². The first-order chi connectivity index (χ1) is 1.00. The van der Waals surface area contributed by atoms with Gasteiger partial charge in [-0.05, 0) is 0 Å². The van der Waals surface area contributed by atoms with Crippen LogP contribution in [0.2, 0.25) is 0 Å². The summed E-state index contributed by atoms with van der Waals surface area (Å²) in [5.74, 6) is 0. The molecule has 0 rings (SSSR count). The molecular weight excluding hydrogens is 218 g/mol. The molecule has 0 aliphatic carbocycles. The largest absolute Gasteiger partial charge is 0.693 e. The van der Waals surface area contributed by atoms with E-state index >= 15 is 0 Å². The van der Waals surface area contributed by atoms with Gasteiger partial charge in [0.1, 0.15) is 0 Å². The van der Waals surface area contributed by atoms with Gasteiger partial charge in [0.05, 0.1) is 0 Å². The average molecular weight is 222 g/mol. The molecule has 0 spiro atoms. The first-order valence-electron chi connectivity index (χ1n) is 0.114. The molecule has 0 atom stereocenters. The molecule has 2 nitrogen and oxygen atoms in total. The van der Waals surface area contributed by atoms with Crippen LogP contribution in [0.1, 0.15) is 0 Å². The molecule has 4 heavy (non-hydrogen) atoms. The fraction of sp³-hybridized carbons (Fsp3) is 0. The maximum Gasteiger partial charge on any atom is -0.693 e. The molecule has 0 fully saturated rings. The third kappa shape index (κ3) is 10.9. The summed E-state index contributed by atoms with van der Waals surface area (Å²) < 4.78 is 0. The fourth-order valence-electron chi connectivity index (χ4n) is 0. The van der Waals surface area contributed by atoms with Crippen LogP contribution in [-0.4, -0.2) is 0 Å². The van der Waals surface area contributed by atoms with Gasteiger partial charge >= 0.3 is 33.1 Å². The molecule has 0 amide bonds. The summed E-state index contributed by atoms with van der Waals surface area (Å²) in [6, 6.07) is 0. The van der Waals surface area contributed by atoms with Crippen LogP contribution in [0.4, 0.5) is 0 Å². The van der Waals surface area contributed by atoms with E-state index in [-0.39, 0.29) is 12.3 Å². The number of hydrogen-bond donors (Lipinski definition) is 0. The van der Waals surface area contributed by atoms with Crippen molar-refractivity contribution in [2.75, 3.05) is 0 Å². The number of nitrogens with two attached hydrogens (primary N) is 2. The summed E-state index contributed by atoms with van der Waals surface area (Å²) in [7, 11) is 0. The van der Waals surface area contributed by atoms with E-state index < -0.39 is 0 Å². The van der Waals surface area contributed by atoms with Gasteiger partial charge < -0.3 is 12.3 Å². The van der Waals surface area contributed by atoms with Crippen LogP contribution in [0, 0.1) is 0 Å². The van der Waals surface area contributed by atoms with E-state index in [1.807, 2.05) is 0 Å². The zero-order chi connectivity index (χ0) is 2.00. The van der Waals surface area contributed by atoms with Gasteiger partial charge in [0.25, 0.3) is 0 Å². The van der Waals surface area contributed by atoms with E-state index in [2.05, 4.69) is 12.8 Å². The van der Waals surface area contributed by atoms with Crippen molar-refractivity contribution in [1.29, 1.82) is 0 Å². The minimum absolute atomic E-state index is 0. The molecule has 34 valence electrons. The van der Waals surface area contributed by atoms with Gasteiger partial charge in [0, 0.05) is 0 Å². The summed E-state index contributed by atoms with van der Waals surface area (Å²) in [6.07, 6.45) is 0. The van der Waals surface area contributed by atoms with E-state index in [9.17, 15) is 0 Å². The Labute approximate surface area is 45.4 Å². The second kappa shape index (κ2) is 30.6. The Morgan fingerprint density at radius 3 is 1.00 bits per heavy atom. The van der Waals surface area contributed by atoms with Crippen molar-refractivity contribution in [2.45, 2.75) is 0 Å². The van der Waals surface area contributed by atoms with Crippen molar-refractivity contribution in [3.05, 3.63) is 12.3 Å². The normalized spacial score (nSPS) is 1.75. The summed E-state index contributed by atoms with van der Waals surface area (Å²) in [5.41, 5.74) is 0. The Hall–Kier alpha value is 1.17. The SMILES string of the molecule is [Cu][I].[NH2-].[NH2-]. The maximum atomic E-state index is 4.16. The molecule has 0 bridgehead atoms. The Morgan fingerprint density at radius 2 is 1.00 bits per heavy atom. The molecule has 0 aromatic carbocycles. The van der Waals surface area contributed by atoms with Crippen molar-refractivity contribution in [2.24, 2.45) is 0 Å². The third-order valence-electron chi connectivity index (χ3n) is 0. The molecule has 0 aliphatic heterocycles. The average Bonchev–Trinajstić information content (AvgIpc) is 1.00. The summed E-state index contributed by atoms with van der Waals surface area (Å²) >= 11 is 5.87. The van der Waals surface area contributed by atoms with Crippen molar-refractivity contribution >= 4 is 20.3 Å². The predicted octanol–water partition coefficient (Wildman–Crippen LogP) is 2.32. The number of rotatable bonds is 0. The zero-order valence-corrected chi connectivity index (χ0v) is 4.93. The van der Waals surface area contributed by atoms with Crippen LogP contribution in [0.25, 0.3) is 12.3 Å². The van der Waals surface area contributed by atoms with E-state index in [1.165, 1.54) is 0 Å². The second-order valence-electron chi connectivity index (χ2n) is 0. The van der Waals surface area contributed by atoms with Gasteiger partial charge in [-0.1, -0.05) is 0 Å². The van der Waals surface area contributed by atoms with E-state index in [0.717, 1.165) is 0 Å². The van der Waals surface area contributed by atoms with Crippen LogP contribution in [0.3, 0.4) is 0 Å². The minimum Gasteiger partial charge on any atom is -0.693 e. The fourth-order valence-corrected chi connectivity index (χ4v) is 0. The van der Waals surface area contributed by atoms with E-state index in [0.29, 0.717) is 0 Å². The first kappa shape index (κ1) is 19.1. The number of halogens is 1. The molecule has 0 heterocycles. The Kier molecular flexibility index (Phi) is 146. The molecule has 0 unspecified atom stereocenters. The van der Waals surface area contributed by atoms with Gasteiger partial charge in [-0.15, -0.1) is 0 Å². The summed E-state index contributed by atoms with van der Waals surface area (Å²) in [5, 5.41) is 0. The summed E-state index contributed by atoms with van der Waals surface area (Å²) in [4.78, 5) is 0. The monoisotopic (exact) mass is 222 g/mol. The molecule has 4 heteroatoms. The standard InChI is InChI=1S/Cu.HI.2H2N/h;1H;2*1H2/q+1;;2*-1/p-1. The topological polar surface area (TPSA) is 67.0 Å². The minimum atomic E-state index is 0. The zero-order valence-electron chi connectivity index (χ0n) is 1.83. The molecule has 0 aromatic heterocycles. The van der Waals surface area contributed by atoms with Gasteiger partial charge in [-0.2, -0.15) is 0 Å². The molecule has 0 aliphatic rings. The van der Waals surface area contributed by atoms with Gasteiger partial charge in [0.2, 0.25) is 0 Å². The summed E-state index contributed by atoms with van der Waals surface area (Å²) in [6.45, 7) is 0. The van der Waals surface area contributed by atoms with Crippen LogP contribution in [0.15, 0.2) is 0 Å². The van der Waals surface area contributed by atoms with Crippen molar-refractivity contribution in [1.82, 2.24) is 0 Å². The third-order valence-corrected chi connectivity index (χ3v) is 0. The Balaban J connectivity index is -0.00000000500. The van der Waals surface area contributed by atoms with Crippen molar-refractivity contribution in [3.8, 4) is 0 Å². The maximum absolute atomic E-state index is 4.16. The molecule has 0 radical (unpaired) electrons. The molecule has 4 N–H and O–H groups in total. The van der Waals surface area contributed by atoms with Crippen LogP contribution in [-0.2, 0) is 12.8 Å². The van der Waals surface area contributed by atoms with Crippen LogP contribution >= 0.6 is 20.3 Å². The molecule has 0 saturated heterocycles. The molecule has 0 saturated carbocycles. The molecular formula is H4CuIN2-2. The van der Waals surface area contributed by atoms with E-state index in [4.69, 9.17) is 0 Å². The quantitative estimate of drug-likeness (QED) is 0.446. The second-order valence-corrected chi connectivity index (χ2v) is 0. The van der Waals surface area contributed by atoms with Crippen LogP contribution < -0.4 is 0 Å². The smallest absolute Gasteiger partial charge is 0.693 e.